The number of aryl methyl sites for hydroxylation is 1. The Kier molecular flexibility index (Phi) is 7.48. The van der Waals surface area contributed by atoms with Crippen LogP contribution in [0.15, 0.2) is 47.5 Å². The van der Waals surface area contributed by atoms with Gasteiger partial charge in [0.15, 0.2) is 5.96 Å². The summed E-state index contributed by atoms with van der Waals surface area (Å²) in [6.45, 7) is 4.80. The molecular formula is C22H30N4OS. The molecule has 3 rings (SSSR count). The van der Waals surface area contributed by atoms with E-state index in [-0.39, 0.29) is 12.5 Å². The van der Waals surface area contributed by atoms with Crippen molar-refractivity contribution in [1.29, 1.82) is 0 Å². The second-order valence-corrected chi connectivity index (χ2v) is 8.68. The first kappa shape index (κ1) is 20.4. The third-order valence-electron chi connectivity index (χ3n) is 5.19. The van der Waals surface area contributed by atoms with Crippen LogP contribution in [0.3, 0.4) is 0 Å². The maximum atomic E-state index is 12.5. The van der Waals surface area contributed by atoms with Gasteiger partial charge < -0.3 is 15.5 Å². The predicted octanol–water partition coefficient (Wildman–Crippen LogP) is 3.20. The van der Waals surface area contributed by atoms with Gasteiger partial charge in [0.05, 0.1) is 13.1 Å². The number of hydrogen-bond donors (Lipinski definition) is 2. The lowest BCUT2D eigenvalue weighted by molar-refractivity contribution is -0.131. The fourth-order valence-corrected chi connectivity index (χ4v) is 4.41. The molecule has 1 aromatic heterocycles. The molecule has 1 saturated heterocycles. The molecule has 1 amide bonds. The molecule has 2 N–H and O–H groups in total. The maximum absolute atomic E-state index is 12.5. The highest BCUT2D eigenvalue weighted by Gasteiger charge is 2.22. The Morgan fingerprint density at radius 2 is 1.89 bits per heavy atom. The Morgan fingerprint density at radius 1 is 1.14 bits per heavy atom. The minimum atomic E-state index is 0.146. The maximum Gasteiger partial charge on any atom is 0.241 e. The van der Waals surface area contributed by atoms with Crippen LogP contribution in [-0.4, -0.2) is 43.4 Å². The van der Waals surface area contributed by atoms with Gasteiger partial charge in [0.25, 0.3) is 0 Å². The second-order valence-electron chi connectivity index (χ2n) is 7.31. The molecule has 0 radical (unpaired) electrons. The van der Waals surface area contributed by atoms with Gasteiger partial charge in [-0.3, -0.25) is 9.79 Å². The van der Waals surface area contributed by atoms with E-state index in [0.717, 1.165) is 38.9 Å². The Morgan fingerprint density at radius 3 is 2.54 bits per heavy atom. The summed E-state index contributed by atoms with van der Waals surface area (Å²) in [5.41, 5.74) is 1.39. The molecule has 0 atom stereocenters. The summed E-state index contributed by atoms with van der Waals surface area (Å²) in [5.74, 6) is 1.48. The van der Waals surface area contributed by atoms with Crippen LogP contribution in [-0.2, 0) is 17.8 Å². The van der Waals surface area contributed by atoms with Crippen molar-refractivity contribution in [2.24, 2.45) is 10.9 Å². The van der Waals surface area contributed by atoms with Crippen molar-refractivity contribution in [3.63, 3.8) is 0 Å². The standard InChI is InChI=1S/C22H30N4OS/c1-17-8-9-20(28-17)15-24-22(23-2)25-16-21(27)26-12-10-19(11-13-26)14-18-6-4-3-5-7-18/h3-9,19H,10-16H2,1-2H3,(H2,23,24,25). The van der Waals surface area contributed by atoms with Crippen LogP contribution in [0.4, 0.5) is 0 Å². The van der Waals surface area contributed by atoms with E-state index in [4.69, 9.17) is 0 Å². The Balaban J connectivity index is 1.37. The fraction of sp³-hybridized carbons (Fsp3) is 0.455. The molecule has 5 nitrogen and oxygen atoms in total. The van der Waals surface area contributed by atoms with E-state index in [9.17, 15) is 4.79 Å². The van der Waals surface area contributed by atoms with Gasteiger partial charge in [-0.2, -0.15) is 0 Å². The predicted molar refractivity (Wildman–Crippen MR) is 117 cm³/mol. The summed E-state index contributed by atoms with van der Waals surface area (Å²) in [4.78, 5) is 21.3. The highest BCUT2D eigenvalue weighted by atomic mass is 32.1. The van der Waals surface area contributed by atoms with Crippen molar-refractivity contribution in [3.05, 3.63) is 57.8 Å². The lowest BCUT2D eigenvalue weighted by Gasteiger charge is -2.32. The first-order valence-electron chi connectivity index (χ1n) is 9.95. The molecule has 2 aromatic rings. The number of benzene rings is 1. The Hall–Kier alpha value is -2.34. The fourth-order valence-electron chi connectivity index (χ4n) is 3.58. The molecule has 150 valence electrons. The Bertz CT molecular complexity index is 779. The van der Waals surface area contributed by atoms with Crippen molar-refractivity contribution in [2.45, 2.75) is 32.7 Å². The number of aliphatic imine (C=N–C) groups is 1. The summed E-state index contributed by atoms with van der Waals surface area (Å²) < 4.78 is 0. The van der Waals surface area contributed by atoms with Crippen molar-refractivity contribution >= 4 is 23.2 Å². The van der Waals surface area contributed by atoms with E-state index >= 15 is 0 Å². The quantitative estimate of drug-likeness (QED) is 0.580. The molecule has 6 heteroatoms. The summed E-state index contributed by atoms with van der Waals surface area (Å²) in [6, 6.07) is 14.9. The highest BCUT2D eigenvalue weighted by Crippen LogP contribution is 2.21. The minimum absolute atomic E-state index is 0.146. The van der Waals surface area contributed by atoms with Gasteiger partial charge in [-0.05, 0) is 49.8 Å². The number of rotatable bonds is 6. The monoisotopic (exact) mass is 398 g/mol. The van der Waals surface area contributed by atoms with Crippen molar-refractivity contribution < 1.29 is 4.79 Å². The number of nitrogens with zero attached hydrogens (tertiary/aromatic N) is 2. The van der Waals surface area contributed by atoms with Crippen molar-refractivity contribution in [1.82, 2.24) is 15.5 Å². The Labute approximate surface area is 171 Å². The van der Waals surface area contributed by atoms with Gasteiger partial charge in [0, 0.05) is 29.9 Å². The van der Waals surface area contributed by atoms with E-state index in [0.29, 0.717) is 11.9 Å². The minimum Gasteiger partial charge on any atom is -0.352 e. The first-order valence-corrected chi connectivity index (χ1v) is 10.8. The van der Waals surface area contributed by atoms with Crippen LogP contribution in [0.2, 0.25) is 0 Å². The molecule has 0 unspecified atom stereocenters. The SMILES string of the molecule is CN=C(NCC(=O)N1CCC(Cc2ccccc2)CC1)NCc1ccc(C)s1. The van der Waals surface area contributed by atoms with E-state index in [1.54, 1.807) is 18.4 Å². The van der Waals surface area contributed by atoms with E-state index < -0.39 is 0 Å². The van der Waals surface area contributed by atoms with Gasteiger partial charge >= 0.3 is 0 Å². The number of hydrogen-bond acceptors (Lipinski definition) is 3. The van der Waals surface area contributed by atoms with E-state index in [1.807, 2.05) is 4.90 Å². The number of thiophene rings is 1. The third kappa shape index (κ3) is 6.09. The van der Waals surface area contributed by atoms with Crippen LogP contribution in [0.25, 0.3) is 0 Å². The molecule has 1 aromatic carbocycles. The zero-order valence-corrected chi connectivity index (χ0v) is 17.6. The van der Waals surface area contributed by atoms with Crippen LogP contribution in [0, 0.1) is 12.8 Å². The van der Waals surface area contributed by atoms with Gasteiger partial charge in [-0.15, -0.1) is 11.3 Å². The zero-order chi connectivity index (χ0) is 19.8. The summed E-state index contributed by atoms with van der Waals surface area (Å²) in [7, 11) is 1.73. The average molecular weight is 399 g/mol. The normalized spacial score (nSPS) is 15.5. The molecule has 0 saturated carbocycles. The molecule has 1 aliphatic heterocycles. The second kappa shape index (κ2) is 10.3. The number of carbonyl (C=O) groups is 1. The number of guanidine groups is 1. The van der Waals surface area contributed by atoms with Crippen LogP contribution >= 0.6 is 11.3 Å². The number of likely N-dealkylation sites (tertiary alicyclic amines) is 1. The molecule has 2 heterocycles. The largest absolute Gasteiger partial charge is 0.352 e. The lowest BCUT2D eigenvalue weighted by Crippen LogP contribution is -2.46. The number of carbonyl (C=O) groups excluding carboxylic acids is 1. The molecule has 0 spiro atoms. The molecule has 0 aliphatic carbocycles. The molecular weight excluding hydrogens is 368 g/mol. The van der Waals surface area contributed by atoms with Crippen LogP contribution in [0.1, 0.15) is 28.2 Å². The smallest absolute Gasteiger partial charge is 0.241 e. The van der Waals surface area contributed by atoms with E-state index in [2.05, 4.69) is 65.0 Å². The van der Waals surface area contributed by atoms with Crippen molar-refractivity contribution in [3.8, 4) is 0 Å². The molecule has 1 aliphatic rings. The van der Waals surface area contributed by atoms with Gasteiger partial charge in [0.2, 0.25) is 5.91 Å². The molecule has 1 fully saturated rings. The van der Waals surface area contributed by atoms with Gasteiger partial charge in [-0.1, -0.05) is 30.3 Å². The van der Waals surface area contributed by atoms with Crippen LogP contribution < -0.4 is 10.6 Å². The van der Waals surface area contributed by atoms with E-state index in [1.165, 1.54) is 15.3 Å². The number of amides is 1. The van der Waals surface area contributed by atoms with Crippen molar-refractivity contribution in [2.75, 3.05) is 26.7 Å². The van der Waals surface area contributed by atoms with Gasteiger partial charge in [0.1, 0.15) is 0 Å². The lowest BCUT2D eigenvalue weighted by atomic mass is 9.90. The average Bonchev–Trinajstić information content (AvgIpc) is 3.14. The first-order chi connectivity index (χ1) is 13.6. The zero-order valence-electron chi connectivity index (χ0n) is 16.8. The highest BCUT2D eigenvalue weighted by molar-refractivity contribution is 7.11. The summed E-state index contributed by atoms with van der Waals surface area (Å²) in [5, 5.41) is 6.42. The third-order valence-corrected chi connectivity index (χ3v) is 6.19. The summed E-state index contributed by atoms with van der Waals surface area (Å²) >= 11 is 1.77. The van der Waals surface area contributed by atoms with Gasteiger partial charge in [-0.25, -0.2) is 0 Å². The number of piperidine rings is 1. The van der Waals surface area contributed by atoms with Crippen LogP contribution in [0.5, 0.6) is 0 Å². The molecule has 28 heavy (non-hydrogen) atoms. The number of nitrogens with one attached hydrogen (secondary N) is 2. The summed E-state index contributed by atoms with van der Waals surface area (Å²) in [6.07, 6.45) is 3.26. The molecule has 0 bridgehead atoms. The topological polar surface area (TPSA) is 56.7 Å².